The van der Waals surface area contributed by atoms with Crippen molar-refractivity contribution in [1.82, 2.24) is 11.5 Å². The number of carbonyl (C=O) groups is 1. The topological polar surface area (TPSA) is 139 Å². The van der Waals surface area contributed by atoms with Crippen LogP contribution in [0.1, 0.15) is 77.6 Å². The first-order valence-corrected chi connectivity index (χ1v) is 9.88. The molecule has 23 heavy (non-hydrogen) atoms. The molecule has 0 aliphatic heterocycles. The summed E-state index contributed by atoms with van der Waals surface area (Å²) in [4.78, 5) is 11.5. The summed E-state index contributed by atoms with van der Waals surface area (Å²) in [6.07, 6.45) is 9.37. The van der Waals surface area contributed by atoms with Gasteiger partial charge in [-0.15, -0.1) is 0 Å². The standard InChI is InChI=1S/C15H31NO5S.H3N/c1-2-3-4-5-6-7-8-9-10-11-14(17)16-15(18)12-13-22(19,20)21;/h15,18H,2-13H2,1H3,(H,16,17)(H,19,20,21);1H3. The quantitative estimate of drug-likeness (QED) is 0.215. The van der Waals surface area contributed by atoms with E-state index in [9.17, 15) is 18.3 Å². The molecule has 0 heterocycles. The van der Waals surface area contributed by atoms with Crippen LogP contribution in [0.25, 0.3) is 0 Å². The van der Waals surface area contributed by atoms with E-state index in [2.05, 4.69) is 12.2 Å². The molecular weight excluding hydrogens is 320 g/mol. The highest BCUT2D eigenvalue weighted by atomic mass is 32.2. The maximum Gasteiger partial charge on any atom is 0.265 e. The van der Waals surface area contributed by atoms with Crippen LogP contribution in [-0.4, -0.2) is 36.0 Å². The van der Waals surface area contributed by atoms with Gasteiger partial charge < -0.3 is 16.6 Å². The smallest absolute Gasteiger partial charge is 0.265 e. The van der Waals surface area contributed by atoms with Gasteiger partial charge in [0.25, 0.3) is 10.1 Å². The van der Waals surface area contributed by atoms with Gasteiger partial charge in [-0.1, -0.05) is 58.3 Å². The summed E-state index contributed by atoms with van der Waals surface area (Å²) in [5.74, 6) is -0.849. The van der Waals surface area contributed by atoms with Gasteiger partial charge >= 0.3 is 0 Å². The van der Waals surface area contributed by atoms with Crippen molar-refractivity contribution in [1.29, 1.82) is 0 Å². The van der Waals surface area contributed by atoms with E-state index in [1.54, 1.807) is 0 Å². The van der Waals surface area contributed by atoms with Crippen molar-refractivity contribution in [3.63, 3.8) is 0 Å². The number of amides is 1. The molecule has 0 spiro atoms. The summed E-state index contributed by atoms with van der Waals surface area (Å²) < 4.78 is 29.6. The van der Waals surface area contributed by atoms with Gasteiger partial charge in [0, 0.05) is 12.8 Å². The molecule has 0 bridgehead atoms. The van der Waals surface area contributed by atoms with Gasteiger partial charge in [0.1, 0.15) is 6.23 Å². The Morgan fingerprint density at radius 3 is 1.96 bits per heavy atom. The second-order valence-electron chi connectivity index (χ2n) is 5.74. The average Bonchev–Trinajstić information content (AvgIpc) is 2.42. The largest absolute Gasteiger partial charge is 0.374 e. The Hall–Kier alpha value is -0.700. The van der Waals surface area contributed by atoms with Crippen LogP contribution in [0.5, 0.6) is 0 Å². The number of hydrogen-bond donors (Lipinski definition) is 4. The lowest BCUT2D eigenvalue weighted by atomic mass is 10.1. The van der Waals surface area contributed by atoms with Gasteiger partial charge in [-0.25, -0.2) is 0 Å². The van der Waals surface area contributed by atoms with Crippen molar-refractivity contribution in [2.75, 3.05) is 5.75 Å². The van der Waals surface area contributed by atoms with Crippen molar-refractivity contribution in [2.45, 2.75) is 83.8 Å². The molecule has 0 fully saturated rings. The maximum absolute atomic E-state index is 11.5. The fourth-order valence-corrected chi connectivity index (χ4v) is 2.71. The van der Waals surface area contributed by atoms with Crippen molar-refractivity contribution in [2.24, 2.45) is 0 Å². The van der Waals surface area contributed by atoms with Crippen LogP contribution >= 0.6 is 0 Å². The second kappa shape index (κ2) is 14.9. The number of carbonyl (C=O) groups excluding carboxylic acids is 1. The summed E-state index contributed by atoms with van der Waals surface area (Å²) >= 11 is 0. The van der Waals surface area contributed by atoms with E-state index >= 15 is 0 Å². The van der Waals surface area contributed by atoms with E-state index in [4.69, 9.17) is 4.55 Å². The zero-order valence-electron chi connectivity index (χ0n) is 14.3. The molecule has 1 amide bonds. The molecule has 8 heteroatoms. The second-order valence-corrected chi connectivity index (χ2v) is 7.31. The molecule has 7 nitrogen and oxygen atoms in total. The van der Waals surface area contributed by atoms with Gasteiger partial charge in [-0.05, 0) is 6.42 Å². The summed E-state index contributed by atoms with van der Waals surface area (Å²) in [7, 11) is -4.10. The molecule has 0 aliphatic carbocycles. The minimum Gasteiger partial charge on any atom is -0.374 e. The molecule has 6 N–H and O–H groups in total. The first-order chi connectivity index (χ1) is 10.3. The van der Waals surface area contributed by atoms with Crippen LogP contribution in [-0.2, 0) is 14.9 Å². The zero-order chi connectivity index (χ0) is 16.8. The van der Waals surface area contributed by atoms with Crippen molar-refractivity contribution in [3.8, 4) is 0 Å². The Labute approximate surface area is 140 Å². The third kappa shape index (κ3) is 19.3. The molecule has 0 saturated heterocycles. The lowest BCUT2D eigenvalue weighted by Crippen LogP contribution is -2.35. The number of rotatable bonds is 14. The van der Waals surface area contributed by atoms with Crippen LogP contribution in [0, 0.1) is 0 Å². The normalized spacial score (nSPS) is 12.5. The van der Waals surface area contributed by atoms with Gasteiger partial charge in [-0.3, -0.25) is 9.35 Å². The Balaban J connectivity index is 0. The Morgan fingerprint density at radius 2 is 1.48 bits per heavy atom. The van der Waals surface area contributed by atoms with Crippen LogP contribution in [0.15, 0.2) is 0 Å². The van der Waals surface area contributed by atoms with E-state index in [1.165, 1.54) is 38.5 Å². The number of hydrogen-bond acceptors (Lipinski definition) is 5. The predicted molar refractivity (Wildman–Crippen MR) is 92.0 cm³/mol. The average molecular weight is 355 g/mol. The van der Waals surface area contributed by atoms with E-state index < -0.39 is 22.1 Å². The zero-order valence-corrected chi connectivity index (χ0v) is 15.1. The molecule has 140 valence electrons. The van der Waals surface area contributed by atoms with Crippen LogP contribution in [0.3, 0.4) is 0 Å². The molecule has 0 aliphatic rings. The van der Waals surface area contributed by atoms with Crippen LogP contribution in [0.4, 0.5) is 0 Å². The van der Waals surface area contributed by atoms with Crippen molar-refractivity contribution in [3.05, 3.63) is 0 Å². The lowest BCUT2D eigenvalue weighted by Gasteiger charge is -2.11. The number of aliphatic hydroxyl groups is 1. The van der Waals surface area contributed by atoms with Crippen molar-refractivity contribution < 1.29 is 22.9 Å². The Bertz CT molecular complexity index is 387. The molecule has 0 aromatic carbocycles. The molecule has 0 aromatic heterocycles. The number of nitrogens with one attached hydrogen (secondary N) is 1. The highest BCUT2D eigenvalue weighted by Gasteiger charge is 2.12. The number of unbranched alkanes of at least 4 members (excludes halogenated alkanes) is 8. The molecule has 0 rings (SSSR count). The fraction of sp³-hybridized carbons (Fsp3) is 0.933. The Kier molecular flexibility index (Phi) is 15.9. The van der Waals surface area contributed by atoms with E-state index in [0.717, 1.165) is 19.3 Å². The predicted octanol–water partition coefficient (Wildman–Crippen LogP) is 2.78. The van der Waals surface area contributed by atoms with Crippen molar-refractivity contribution >= 4 is 16.0 Å². The van der Waals surface area contributed by atoms with Crippen LogP contribution < -0.4 is 11.5 Å². The minimum atomic E-state index is -4.10. The first kappa shape index (κ1) is 24.6. The molecule has 1 atom stereocenters. The highest BCUT2D eigenvalue weighted by molar-refractivity contribution is 7.85. The summed E-state index contributed by atoms with van der Waals surface area (Å²) in [5, 5.41) is 11.7. The third-order valence-electron chi connectivity index (χ3n) is 3.48. The van der Waals surface area contributed by atoms with E-state index in [-0.39, 0.29) is 18.5 Å². The van der Waals surface area contributed by atoms with E-state index in [0.29, 0.717) is 6.42 Å². The molecule has 0 saturated carbocycles. The Morgan fingerprint density at radius 1 is 1.00 bits per heavy atom. The molecule has 0 aromatic rings. The summed E-state index contributed by atoms with van der Waals surface area (Å²) in [6, 6.07) is 0. The van der Waals surface area contributed by atoms with Gasteiger partial charge in [-0.2, -0.15) is 8.42 Å². The molecule has 1 unspecified atom stereocenters. The third-order valence-corrected chi connectivity index (χ3v) is 4.24. The fourth-order valence-electron chi connectivity index (χ4n) is 2.19. The summed E-state index contributed by atoms with van der Waals surface area (Å²) in [6.45, 7) is 2.20. The minimum absolute atomic E-state index is 0. The molecule has 0 radical (unpaired) electrons. The highest BCUT2D eigenvalue weighted by Crippen LogP contribution is 2.10. The van der Waals surface area contributed by atoms with Gasteiger partial charge in [0.2, 0.25) is 5.91 Å². The maximum atomic E-state index is 11.5. The monoisotopic (exact) mass is 354 g/mol. The van der Waals surface area contributed by atoms with E-state index in [1.807, 2.05) is 0 Å². The van der Waals surface area contributed by atoms with Crippen LogP contribution in [0.2, 0.25) is 0 Å². The SMILES string of the molecule is CCCCCCCCCCCC(=O)NC(O)CCS(=O)(=O)O.N. The van der Waals surface area contributed by atoms with Gasteiger partial charge in [0.15, 0.2) is 0 Å². The van der Waals surface area contributed by atoms with Gasteiger partial charge in [0.05, 0.1) is 5.75 Å². The number of aliphatic hydroxyl groups excluding tert-OH is 1. The lowest BCUT2D eigenvalue weighted by molar-refractivity contribution is -0.124. The first-order valence-electron chi connectivity index (χ1n) is 8.27. The summed E-state index contributed by atoms with van der Waals surface area (Å²) in [5.41, 5.74) is 0. The molecular formula is C15H34N2O5S.